The Hall–Kier alpha value is -3.41. The van der Waals surface area contributed by atoms with Crippen LogP contribution in [0.5, 0.6) is 0 Å². The zero-order valence-electron chi connectivity index (χ0n) is 18.1. The van der Waals surface area contributed by atoms with E-state index in [0.717, 1.165) is 27.9 Å². The van der Waals surface area contributed by atoms with E-state index in [0.29, 0.717) is 28.1 Å². The van der Waals surface area contributed by atoms with E-state index in [1.54, 1.807) is 4.40 Å². The molecule has 0 bridgehead atoms. The molecule has 5 aromatic rings. The van der Waals surface area contributed by atoms with Gasteiger partial charge in [0.05, 0.1) is 17.8 Å². The highest BCUT2D eigenvalue weighted by Gasteiger charge is 2.21. The van der Waals surface area contributed by atoms with Crippen molar-refractivity contribution in [1.29, 1.82) is 0 Å². The molecular weight excluding hydrogens is 455 g/mol. The predicted octanol–water partition coefficient (Wildman–Crippen LogP) is 6.20. The van der Waals surface area contributed by atoms with E-state index in [4.69, 9.17) is 33.3 Å². The average Bonchev–Trinajstić information content (AvgIpc) is 3.13. The third-order valence-corrected chi connectivity index (χ3v) is 6.10. The first-order valence-electron chi connectivity index (χ1n) is 10.5. The topological polar surface area (TPSA) is 52.2 Å². The lowest BCUT2D eigenvalue weighted by molar-refractivity contribution is 0.656. The molecule has 2 heterocycles. The highest BCUT2D eigenvalue weighted by molar-refractivity contribution is 6.31. The van der Waals surface area contributed by atoms with E-state index < -0.39 is 0 Å². The molecule has 0 saturated heterocycles. The van der Waals surface area contributed by atoms with Gasteiger partial charge in [0.15, 0.2) is 5.65 Å². The monoisotopic (exact) mass is 474 g/mol. The lowest BCUT2D eigenvalue weighted by atomic mass is 10.00. The molecule has 33 heavy (non-hydrogen) atoms. The summed E-state index contributed by atoms with van der Waals surface area (Å²) in [5, 5.41) is 6.03. The molecule has 0 saturated carbocycles. The number of halogens is 2. The van der Waals surface area contributed by atoms with Gasteiger partial charge >= 0.3 is 5.69 Å². The summed E-state index contributed by atoms with van der Waals surface area (Å²) in [7, 11) is 0. The van der Waals surface area contributed by atoms with Crippen molar-refractivity contribution in [2.75, 3.05) is 0 Å². The van der Waals surface area contributed by atoms with E-state index in [9.17, 15) is 4.79 Å². The number of fused-ring (bicyclic) bond motifs is 1. The molecule has 0 atom stereocenters. The zero-order chi connectivity index (χ0) is 23.1. The van der Waals surface area contributed by atoms with Gasteiger partial charge in [-0.25, -0.2) is 18.9 Å². The molecule has 0 amide bonds. The lowest BCUT2D eigenvalue weighted by Crippen LogP contribution is -2.23. The fourth-order valence-electron chi connectivity index (χ4n) is 3.90. The van der Waals surface area contributed by atoms with Crippen LogP contribution < -0.4 is 5.69 Å². The van der Waals surface area contributed by atoms with Gasteiger partial charge in [0, 0.05) is 15.6 Å². The number of nitrogens with zero attached hydrogens (tertiary/aromatic N) is 4. The van der Waals surface area contributed by atoms with E-state index in [-0.39, 0.29) is 5.69 Å². The summed E-state index contributed by atoms with van der Waals surface area (Å²) in [5.74, 6) is 0.563. The van der Waals surface area contributed by atoms with Gasteiger partial charge in [-0.2, -0.15) is 0 Å². The number of hydrogen-bond acceptors (Lipinski definition) is 3. The number of rotatable bonds is 4. The van der Waals surface area contributed by atoms with Crippen LogP contribution >= 0.6 is 23.2 Å². The molecular formula is C26H20Cl2N4O. The maximum absolute atomic E-state index is 13.3. The molecule has 2 aromatic heterocycles. The molecule has 0 aliphatic rings. The van der Waals surface area contributed by atoms with Gasteiger partial charge in [0.2, 0.25) is 0 Å². The second kappa shape index (κ2) is 8.50. The first kappa shape index (κ1) is 21.4. The van der Waals surface area contributed by atoms with Crippen LogP contribution in [0.15, 0.2) is 77.6 Å². The molecule has 0 radical (unpaired) electrons. The second-order valence-corrected chi connectivity index (χ2v) is 8.85. The summed E-state index contributed by atoms with van der Waals surface area (Å²) in [6.07, 6.45) is 0. The van der Waals surface area contributed by atoms with Crippen molar-refractivity contribution in [1.82, 2.24) is 19.2 Å². The van der Waals surface area contributed by atoms with Crippen LogP contribution in [0.2, 0.25) is 10.0 Å². The molecule has 0 aliphatic carbocycles. The largest absolute Gasteiger partial charge is 0.352 e. The third kappa shape index (κ3) is 4.06. The summed E-state index contributed by atoms with van der Waals surface area (Å²) in [6.45, 7) is 4.22. The summed E-state index contributed by atoms with van der Waals surface area (Å²) >= 11 is 12.3. The Morgan fingerprint density at radius 2 is 1.36 bits per heavy atom. The summed E-state index contributed by atoms with van der Waals surface area (Å²) < 4.78 is 3.05. The molecule has 0 unspecified atom stereocenters. The Bertz CT molecular complexity index is 1520. The lowest BCUT2D eigenvalue weighted by Gasteiger charge is -2.12. The molecule has 0 N–H and O–H groups in total. The van der Waals surface area contributed by atoms with Gasteiger partial charge in [-0.3, -0.25) is 0 Å². The molecule has 0 spiro atoms. The molecule has 5 nitrogen and oxygen atoms in total. The van der Waals surface area contributed by atoms with Crippen LogP contribution in [0, 0.1) is 13.8 Å². The van der Waals surface area contributed by atoms with Gasteiger partial charge < -0.3 is 0 Å². The smallest absolute Gasteiger partial charge is 0.245 e. The van der Waals surface area contributed by atoms with Crippen molar-refractivity contribution >= 4 is 28.8 Å². The standard InChI is InChI=1S/C26H20Cl2N4O/c1-16-3-5-18(6-4-16)15-31-26(33)32-17(2)29-24(20-9-13-22(28)14-10-20)23(25(32)30-31)19-7-11-21(27)12-8-19/h3-14H,15H2,1-2H3. The number of hydrogen-bond donors (Lipinski definition) is 0. The van der Waals surface area contributed by atoms with Crippen molar-refractivity contribution in [2.24, 2.45) is 0 Å². The van der Waals surface area contributed by atoms with Crippen LogP contribution in [0.3, 0.4) is 0 Å². The van der Waals surface area contributed by atoms with Crippen LogP contribution in [-0.4, -0.2) is 19.2 Å². The van der Waals surface area contributed by atoms with Gasteiger partial charge in [-0.05, 0) is 49.2 Å². The van der Waals surface area contributed by atoms with Crippen molar-refractivity contribution in [3.05, 3.63) is 110 Å². The first-order valence-corrected chi connectivity index (χ1v) is 11.2. The summed E-state index contributed by atoms with van der Waals surface area (Å²) in [4.78, 5) is 18.2. The van der Waals surface area contributed by atoms with E-state index in [2.05, 4.69) is 0 Å². The Labute approximate surface area is 200 Å². The fraction of sp³-hybridized carbons (Fsp3) is 0.115. The second-order valence-electron chi connectivity index (χ2n) is 7.98. The molecule has 7 heteroatoms. The van der Waals surface area contributed by atoms with E-state index >= 15 is 0 Å². The van der Waals surface area contributed by atoms with Crippen LogP contribution in [-0.2, 0) is 6.54 Å². The maximum atomic E-state index is 13.3. The minimum atomic E-state index is -0.228. The van der Waals surface area contributed by atoms with Crippen molar-refractivity contribution in [2.45, 2.75) is 20.4 Å². The molecule has 3 aromatic carbocycles. The average molecular weight is 475 g/mol. The van der Waals surface area contributed by atoms with Crippen molar-refractivity contribution in [3.63, 3.8) is 0 Å². The molecule has 0 fully saturated rings. The van der Waals surface area contributed by atoms with Crippen LogP contribution in [0.25, 0.3) is 28.0 Å². The Kier molecular flexibility index (Phi) is 5.52. The van der Waals surface area contributed by atoms with Gasteiger partial charge in [0.1, 0.15) is 5.82 Å². The SMILES string of the molecule is Cc1ccc(Cn2nc3c(-c4ccc(Cl)cc4)c(-c4ccc(Cl)cc4)nc(C)n3c2=O)cc1. The van der Waals surface area contributed by atoms with Gasteiger partial charge in [-0.15, -0.1) is 5.10 Å². The number of aryl methyl sites for hydroxylation is 2. The summed E-state index contributed by atoms with van der Waals surface area (Å²) in [6, 6.07) is 23.0. The quantitative estimate of drug-likeness (QED) is 0.311. The summed E-state index contributed by atoms with van der Waals surface area (Å²) in [5.41, 5.74) is 5.73. The predicted molar refractivity (Wildman–Crippen MR) is 133 cm³/mol. The Morgan fingerprint density at radius 3 is 1.97 bits per heavy atom. The molecule has 164 valence electrons. The third-order valence-electron chi connectivity index (χ3n) is 5.60. The van der Waals surface area contributed by atoms with E-state index in [1.807, 2.05) is 86.6 Å². The highest BCUT2D eigenvalue weighted by Crippen LogP contribution is 2.34. The Morgan fingerprint density at radius 1 is 0.788 bits per heavy atom. The molecule has 5 rings (SSSR count). The minimum absolute atomic E-state index is 0.228. The van der Waals surface area contributed by atoms with Gasteiger partial charge in [-0.1, -0.05) is 77.3 Å². The normalized spacial score (nSPS) is 11.3. The number of aromatic nitrogens is 4. The van der Waals surface area contributed by atoms with Crippen molar-refractivity contribution in [3.8, 4) is 22.4 Å². The fourth-order valence-corrected chi connectivity index (χ4v) is 4.16. The molecule has 0 aliphatic heterocycles. The van der Waals surface area contributed by atoms with E-state index in [1.165, 1.54) is 10.2 Å². The van der Waals surface area contributed by atoms with Crippen molar-refractivity contribution < 1.29 is 0 Å². The minimum Gasteiger partial charge on any atom is -0.245 e. The van der Waals surface area contributed by atoms with Crippen LogP contribution in [0.4, 0.5) is 0 Å². The zero-order valence-corrected chi connectivity index (χ0v) is 19.6. The Balaban J connectivity index is 1.78. The van der Waals surface area contributed by atoms with Gasteiger partial charge in [0.25, 0.3) is 0 Å². The van der Waals surface area contributed by atoms with Crippen LogP contribution in [0.1, 0.15) is 17.0 Å². The highest BCUT2D eigenvalue weighted by atomic mass is 35.5. The first-order chi connectivity index (χ1) is 15.9. The maximum Gasteiger partial charge on any atom is 0.352 e. The number of benzene rings is 3.